The molecule has 1 aromatic rings. The molecule has 2 heterocycles. The Balaban J connectivity index is 2.14. The molecular weight excluding hydrogens is 232 g/mol. The van der Waals surface area contributed by atoms with Crippen LogP contribution in [0.3, 0.4) is 0 Å². The molecule has 0 spiro atoms. The summed E-state index contributed by atoms with van der Waals surface area (Å²) in [5.41, 5.74) is 1.13. The first-order valence-corrected chi connectivity index (χ1v) is 5.08. The van der Waals surface area contributed by atoms with Crippen LogP contribution >= 0.6 is 15.9 Å². The van der Waals surface area contributed by atoms with Gasteiger partial charge in [0.25, 0.3) is 0 Å². The Morgan fingerprint density at radius 1 is 1.54 bits per heavy atom. The van der Waals surface area contributed by atoms with E-state index in [4.69, 9.17) is 4.74 Å². The maximum absolute atomic E-state index is 5.60. The molecule has 1 aromatic heterocycles. The molecule has 3 nitrogen and oxygen atoms in total. The Kier molecular flexibility index (Phi) is 2.93. The Labute approximate surface area is 85.6 Å². The van der Waals surface area contributed by atoms with Gasteiger partial charge in [-0.25, -0.2) is 0 Å². The molecule has 1 fully saturated rings. The van der Waals surface area contributed by atoms with Gasteiger partial charge in [-0.15, -0.1) is 0 Å². The van der Waals surface area contributed by atoms with E-state index in [2.05, 4.69) is 26.2 Å². The van der Waals surface area contributed by atoms with Crippen molar-refractivity contribution < 1.29 is 4.74 Å². The van der Waals surface area contributed by atoms with Crippen molar-refractivity contribution >= 4 is 15.9 Å². The highest BCUT2D eigenvalue weighted by Gasteiger charge is 2.15. The first-order chi connectivity index (χ1) is 6.36. The average Bonchev–Trinajstić information content (AvgIpc) is 2.19. The first kappa shape index (κ1) is 9.12. The molecule has 0 saturated carbocycles. The van der Waals surface area contributed by atoms with Gasteiger partial charge in [-0.3, -0.25) is 4.98 Å². The summed E-state index contributed by atoms with van der Waals surface area (Å²) >= 11 is 3.39. The van der Waals surface area contributed by atoms with E-state index in [0.717, 1.165) is 29.7 Å². The van der Waals surface area contributed by atoms with E-state index >= 15 is 0 Å². The number of pyridine rings is 1. The van der Waals surface area contributed by atoms with Crippen molar-refractivity contribution in [1.82, 2.24) is 10.3 Å². The van der Waals surface area contributed by atoms with E-state index in [-0.39, 0.29) is 6.10 Å². The van der Waals surface area contributed by atoms with Crippen LogP contribution in [-0.2, 0) is 4.74 Å². The van der Waals surface area contributed by atoms with Gasteiger partial charge in [0, 0.05) is 35.5 Å². The zero-order valence-electron chi connectivity index (χ0n) is 7.16. The van der Waals surface area contributed by atoms with Crippen molar-refractivity contribution in [2.75, 3.05) is 19.7 Å². The van der Waals surface area contributed by atoms with Gasteiger partial charge >= 0.3 is 0 Å². The Hall–Kier alpha value is -0.450. The van der Waals surface area contributed by atoms with E-state index in [1.165, 1.54) is 0 Å². The summed E-state index contributed by atoms with van der Waals surface area (Å²) in [4.78, 5) is 4.10. The van der Waals surface area contributed by atoms with Crippen molar-refractivity contribution in [3.63, 3.8) is 0 Å². The van der Waals surface area contributed by atoms with Crippen LogP contribution in [-0.4, -0.2) is 24.7 Å². The summed E-state index contributed by atoms with van der Waals surface area (Å²) < 4.78 is 6.59. The van der Waals surface area contributed by atoms with Crippen LogP contribution in [0.1, 0.15) is 11.7 Å². The van der Waals surface area contributed by atoms with Crippen molar-refractivity contribution in [3.8, 4) is 0 Å². The summed E-state index contributed by atoms with van der Waals surface area (Å²) in [6, 6.07) is 2.05. The molecule has 0 radical (unpaired) electrons. The molecule has 0 aliphatic carbocycles. The second-order valence-corrected chi connectivity index (χ2v) is 3.92. The van der Waals surface area contributed by atoms with E-state index in [0.29, 0.717) is 0 Å². The molecule has 13 heavy (non-hydrogen) atoms. The number of aromatic nitrogens is 1. The van der Waals surface area contributed by atoms with Crippen molar-refractivity contribution in [2.24, 2.45) is 0 Å². The number of nitrogens with one attached hydrogen (secondary N) is 1. The molecule has 1 aliphatic heterocycles. The predicted molar refractivity (Wildman–Crippen MR) is 53.5 cm³/mol. The number of rotatable bonds is 1. The van der Waals surface area contributed by atoms with Gasteiger partial charge in [-0.2, -0.15) is 0 Å². The third kappa shape index (κ3) is 2.27. The van der Waals surface area contributed by atoms with Crippen molar-refractivity contribution in [1.29, 1.82) is 0 Å². The largest absolute Gasteiger partial charge is 0.371 e. The second kappa shape index (κ2) is 4.17. The van der Waals surface area contributed by atoms with Crippen molar-refractivity contribution in [2.45, 2.75) is 6.10 Å². The molecule has 4 heteroatoms. The third-order valence-electron chi connectivity index (χ3n) is 2.03. The molecule has 1 saturated heterocycles. The van der Waals surface area contributed by atoms with Crippen LogP contribution in [0.2, 0.25) is 0 Å². The molecule has 0 aromatic carbocycles. The predicted octanol–water partition coefficient (Wildman–Crippen LogP) is 1.50. The highest BCUT2D eigenvalue weighted by molar-refractivity contribution is 9.10. The van der Waals surface area contributed by atoms with Gasteiger partial charge in [0.15, 0.2) is 0 Å². The monoisotopic (exact) mass is 242 g/mol. The minimum atomic E-state index is 0.152. The summed E-state index contributed by atoms with van der Waals surface area (Å²) in [6.07, 6.45) is 3.78. The number of hydrogen-bond acceptors (Lipinski definition) is 3. The van der Waals surface area contributed by atoms with Crippen LogP contribution in [0, 0.1) is 0 Å². The van der Waals surface area contributed by atoms with Crippen LogP contribution in [0.15, 0.2) is 22.9 Å². The zero-order valence-corrected chi connectivity index (χ0v) is 8.75. The molecule has 0 bridgehead atoms. The second-order valence-electron chi connectivity index (χ2n) is 3.00. The van der Waals surface area contributed by atoms with Crippen LogP contribution < -0.4 is 5.32 Å². The van der Waals surface area contributed by atoms with Gasteiger partial charge in [0.1, 0.15) is 0 Å². The normalized spacial score (nSPS) is 23.0. The highest BCUT2D eigenvalue weighted by atomic mass is 79.9. The Morgan fingerprint density at radius 2 is 2.46 bits per heavy atom. The number of morpholine rings is 1. The number of ether oxygens (including phenoxy) is 1. The van der Waals surface area contributed by atoms with Crippen LogP contribution in [0.4, 0.5) is 0 Å². The van der Waals surface area contributed by atoms with Gasteiger partial charge in [-0.05, 0) is 22.0 Å². The summed E-state index contributed by atoms with van der Waals surface area (Å²) in [7, 11) is 0. The minimum Gasteiger partial charge on any atom is -0.371 e. The first-order valence-electron chi connectivity index (χ1n) is 4.29. The number of hydrogen-bond donors (Lipinski definition) is 1. The van der Waals surface area contributed by atoms with Crippen LogP contribution in [0.25, 0.3) is 0 Å². The molecular formula is C9H11BrN2O. The Bertz CT molecular complexity index is 287. The molecule has 1 N–H and O–H groups in total. The van der Waals surface area contributed by atoms with E-state index in [1.807, 2.05) is 12.3 Å². The molecule has 70 valence electrons. The lowest BCUT2D eigenvalue weighted by Gasteiger charge is -2.23. The van der Waals surface area contributed by atoms with Gasteiger partial charge in [0.2, 0.25) is 0 Å². The maximum Gasteiger partial charge on any atom is 0.0965 e. The number of halogens is 1. The van der Waals surface area contributed by atoms with Gasteiger partial charge in [0.05, 0.1) is 12.7 Å². The molecule has 2 rings (SSSR count). The molecule has 1 atom stereocenters. The SMILES string of the molecule is Brc1cncc([C@H]2CNCCO2)c1. The van der Waals surface area contributed by atoms with Gasteiger partial charge < -0.3 is 10.1 Å². The molecule has 0 amide bonds. The summed E-state index contributed by atoms with van der Waals surface area (Å²) in [5, 5.41) is 3.28. The molecule has 0 unspecified atom stereocenters. The summed E-state index contributed by atoms with van der Waals surface area (Å²) in [6.45, 7) is 2.59. The zero-order chi connectivity index (χ0) is 9.10. The Morgan fingerprint density at radius 3 is 3.15 bits per heavy atom. The fourth-order valence-electron chi connectivity index (χ4n) is 1.38. The van der Waals surface area contributed by atoms with Gasteiger partial charge in [-0.1, -0.05) is 0 Å². The smallest absolute Gasteiger partial charge is 0.0965 e. The average molecular weight is 243 g/mol. The third-order valence-corrected chi connectivity index (χ3v) is 2.46. The minimum absolute atomic E-state index is 0.152. The van der Waals surface area contributed by atoms with E-state index in [9.17, 15) is 0 Å². The fraction of sp³-hybridized carbons (Fsp3) is 0.444. The highest BCUT2D eigenvalue weighted by Crippen LogP contribution is 2.20. The van der Waals surface area contributed by atoms with Crippen LogP contribution in [0.5, 0.6) is 0 Å². The van der Waals surface area contributed by atoms with Crippen molar-refractivity contribution in [3.05, 3.63) is 28.5 Å². The van der Waals surface area contributed by atoms with E-state index < -0.39 is 0 Å². The standard InChI is InChI=1S/C9H11BrN2O/c10-8-3-7(4-12-5-8)9-6-11-1-2-13-9/h3-5,9,11H,1-2,6H2/t9-/m1/s1. The quantitative estimate of drug-likeness (QED) is 0.811. The molecule has 1 aliphatic rings. The maximum atomic E-state index is 5.60. The summed E-state index contributed by atoms with van der Waals surface area (Å²) in [5.74, 6) is 0. The lowest BCUT2D eigenvalue weighted by Crippen LogP contribution is -2.33. The fourth-order valence-corrected chi connectivity index (χ4v) is 1.77. The lowest BCUT2D eigenvalue weighted by molar-refractivity contribution is 0.0274. The topological polar surface area (TPSA) is 34.2 Å². The number of nitrogens with zero attached hydrogens (tertiary/aromatic N) is 1. The lowest BCUT2D eigenvalue weighted by atomic mass is 10.1. The van der Waals surface area contributed by atoms with E-state index in [1.54, 1.807) is 6.20 Å².